The lowest BCUT2D eigenvalue weighted by Gasteiger charge is -2.06. The van der Waals surface area contributed by atoms with Gasteiger partial charge in [0.2, 0.25) is 0 Å². The van der Waals surface area contributed by atoms with E-state index in [0.29, 0.717) is 6.42 Å². The van der Waals surface area contributed by atoms with Crippen molar-refractivity contribution in [2.24, 2.45) is 5.11 Å². The van der Waals surface area contributed by atoms with Crippen molar-refractivity contribution in [2.75, 3.05) is 0 Å². The van der Waals surface area contributed by atoms with Crippen molar-refractivity contribution in [2.45, 2.75) is 32.4 Å². The van der Waals surface area contributed by atoms with E-state index >= 15 is 0 Å². The van der Waals surface area contributed by atoms with Crippen molar-refractivity contribution in [3.8, 4) is 0 Å². The number of esters is 1. The number of benzene rings is 1. The molecule has 90 valence electrons. The van der Waals surface area contributed by atoms with E-state index in [4.69, 9.17) is 10.3 Å². The Bertz CT molecular complexity index is 399. The summed E-state index contributed by atoms with van der Waals surface area (Å²) in [5, 5.41) is 3.49. The SMILES string of the molecule is CC(CCC(=O)OCc1ccccc1)N=[N+]=[N-]. The van der Waals surface area contributed by atoms with Gasteiger partial charge in [0.05, 0.1) is 0 Å². The lowest BCUT2D eigenvalue weighted by atomic mass is 10.2. The smallest absolute Gasteiger partial charge is 0.306 e. The zero-order valence-electron chi connectivity index (χ0n) is 9.74. The number of nitrogens with zero attached hydrogens (tertiary/aromatic N) is 3. The summed E-state index contributed by atoms with van der Waals surface area (Å²) in [4.78, 5) is 14.0. The Morgan fingerprint density at radius 3 is 2.82 bits per heavy atom. The molecule has 0 radical (unpaired) electrons. The minimum atomic E-state index is -0.270. The molecule has 5 heteroatoms. The van der Waals surface area contributed by atoms with Crippen molar-refractivity contribution in [3.63, 3.8) is 0 Å². The van der Waals surface area contributed by atoms with Crippen LogP contribution in [0, 0.1) is 0 Å². The van der Waals surface area contributed by atoms with Gasteiger partial charge in [0.15, 0.2) is 0 Å². The number of carbonyl (C=O) groups is 1. The second kappa shape index (κ2) is 7.30. The van der Waals surface area contributed by atoms with E-state index in [9.17, 15) is 4.79 Å². The Labute approximate surface area is 100 Å². The molecule has 1 aromatic rings. The molecule has 0 saturated carbocycles. The number of hydrogen-bond acceptors (Lipinski definition) is 3. The van der Waals surface area contributed by atoms with E-state index in [0.717, 1.165) is 5.56 Å². The van der Waals surface area contributed by atoms with Gasteiger partial charge < -0.3 is 4.74 Å². The van der Waals surface area contributed by atoms with Gasteiger partial charge in [-0.3, -0.25) is 4.79 Å². The Hall–Kier alpha value is -2.00. The number of carbonyl (C=O) groups excluding carboxylic acids is 1. The molecule has 0 aliphatic heterocycles. The molecule has 1 aromatic carbocycles. The number of hydrogen-bond donors (Lipinski definition) is 0. The average Bonchev–Trinajstić information content (AvgIpc) is 2.35. The predicted molar refractivity (Wildman–Crippen MR) is 64.1 cm³/mol. The highest BCUT2D eigenvalue weighted by Crippen LogP contribution is 2.05. The monoisotopic (exact) mass is 233 g/mol. The van der Waals surface area contributed by atoms with Crippen molar-refractivity contribution >= 4 is 5.97 Å². The maximum atomic E-state index is 11.4. The van der Waals surface area contributed by atoms with E-state index in [1.54, 1.807) is 6.92 Å². The third-order valence-corrected chi connectivity index (χ3v) is 2.26. The van der Waals surface area contributed by atoms with E-state index in [1.807, 2.05) is 30.3 Å². The Morgan fingerprint density at radius 2 is 2.18 bits per heavy atom. The molecule has 0 spiro atoms. The first-order valence-electron chi connectivity index (χ1n) is 5.46. The van der Waals surface area contributed by atoms with Gasteiger partial charge >= 0.3 is 5.97 Å². The van der Waals surface area contributed by atoms with Crippen molar-refractivity contribution in [3.05, 3.63) is 46.3 Å². The third kappa shape index (κ3) is 5.58. The van der Waals surface area contributed by atoms with Crippen molar-refractivity contribution < 1.29 is 9.53 Å². The number of azide groups is 1. The van der Waals surface area contributed by atoms with E-state index in [-0.39, 0.29) is 25.0 Å². The largest absolute Gasteiger partial charge is 0.461 e. The summed E-state index contributed by atoms with van der Waals surface area (Å²) in [6.07, 6.45) is 0.782. The highest BCUT2D eigenvalue weighted by Gasteiger charge is 2.06. The summed E-state index contributed by atoms with van der Waals surface area (Å²) in [7, 11) is 0. The van der Waals surface area contributed by atoms with Crippen LogP contribution in [0.5, 0.6) is 0 Å². The van der Waals surface area contributed by atoms with Crippen LogP contribution < -0.4 is 0 Å². The lowest BCUT2D eigenvalue weighted by molar-refractivity contribution is -0.145. The summed E-state index contributed by atoms with van der Waals surface area (Å²) in [6, 6.07) is 9.32. The molecular weight excluding hydrogens is 218 g/mol. The molecule has 1 unspecified atom stereocenters. The lowest BCUT2D eigenvalue weighted by Crippen LogP contribution is -2.07. The average molecular weight is 233 g/mol. The maximum absolute atomic E-state index is 11.4. The first kappa shape index (κ1) is 13.1. The minimum absolute atomic E-state index is 0.177. The molecule has 17 heavy (non-hydrogen) atoms. The summed E-state index contributed by atoms with van der Waals surface area (Å²) in [5.74, 6) is -0.270. The molecular formula is C12H15N3O2. The van der Waals surface area contributed by atoms with Crippen LogP contribution in [0.1, 0.15) is 25.3 Å². The molecule has 0 aliphatic rings. The summed E-state index contributed by atoms with van der Waals surface area (Å²) in [5.41, 5.74) is 9.16. The second-order valence-electron chi connectivity index (χ2n) is 3.74. The van der Waals surface area contributed by atoms with Crippen LogP contribution in [0.25, 0.3) is 10.4 Å². The van der Waals surface area contributed by atoms with E-state index in [1.165, 1.54) is 0 Å². The quantitative estimate of drug-likeness (QED) is 0.327. The molecule has 5 nitrogen and oxygen atoms in total. The zero-order valence-corrected chi connectivity index (χ0v) is 9.74. The van der Waals surface area contributed by atoms with Crippen LogP contribution >= 0.6 is 0 Å². The molecule has 0 fully saturated rings. The van der Waals surface area contributed by atoms with Crippen molar-refractivity contribution in [1.29, 1.82) is 0 Å². The van der Waals surface area contributed by atoms with Crippen LogP contribution in [0.2, 0.25) is 0 Å². The summed E-state index contributed by atoms with van der Waals surface area (Å²) >= 11 is 0. The van der Waals surface area contributed by atoms with Gasteiger partial charge in [-0.25, -0.2) is 0 Å². The van der Waals surface area contributed by atoms with Crippen LogP contribution in [0.4, 0.5) is 0 Å². The number of ether oxygens (including phenoxy) is 1. The highest BCUT2D eigenvalue weighted by atomic mass is 16.5. The van der Waals surface area contributed by atoms with Gasteiger partial charge in [0.1, 0.15) is 6.61 Å². The molecule has 1 atom stereocenters. The highest BCUT2D eigenvalue weighted by molar-refractivity contribution is 5.69. The van der Waals surface area contributed by atoms with E-state index in [2.05, 4.69) is 10.0 Å². The Kier molecular flexibility index (Phi) is 5.61. The fraction of sp³-hybridized carbons (Fsp3) is 0.417. The molecule has 0 aliphatic carbocycles. The molecule has 1 rings (SSSR count). The maximum Gasteiger partial charge on any atom is 0.306 e. The summed E-state index contributed by atoms with van der Waals surface area (Å²) < 4.78 is 5.08. The second-order valence-corrected chi connectivity index (χ2v) is 3.74. The molecule has 0 heterocycles. The molecule has 0 saturated heterocycles. The van der Waals surface area contributed by atoms with Crippen LogP contribution in [0.3, 0.4) is 0 Å². The van der Waals surface area contributed by atoms with Crippen LogP contribution in [0.15, 0.2) is 35.4 Å². The normalized spacial score (nSPS) is 11.4. The fourth-order valence-electron chi connectivity index (χ4n) is 1.28. The fourth-order valence-corrected chi connectivity index (χ4v) is 1.28. The van der Waals surface area contributed by atoms with Gasteiger partial charge in [-0.15, -0.1) is 0 Å². The van der Waals surface area contributed by atoms with Gasteiger partial charge in [-0.1, -0.05) is 42.4 Å². The van der Waals surface area contributed by atoms with Gasteiger partial charge in [-0.2, -0.15) is 0 Å². The van der Waals surface area contributed by atoms with E-state index < -0.39 is 0 Å². The van der Waals surface area contributed by atoms with Crippen LogP contribution in [-0.4, -0.2) is 12.0 Å². The topological polar surface area (TPSA) is 75.1 Å². The molecule has 0 bridgehead atoms. The van der Waals surface area contributed by atoms with Gasteiger partial charge in [0.25, 0.3) is 0 Å². The molecule has 0 N–H and O–H groups in total. The molecule has 0 amide bonds. The first-order chi connectivity index (χ1) is 8.22. The predicted octanol–water partition coefficient (Wildman–Crippen LogP) is 3.21. The van der Waals surface area contributed by atoms with Crippen LogP contribution in [-0.2, 0) is 16.1 Å². The van der Waals surface area contributed by atoms with Gasteiger partial charge in [-0.05, 0) is 17.5 Å². The minimum Gasteiger partial charge on any atom is -0.461 e. The first-order valence-corrected chi connectivity index (χ1v) is 5.46. The zero-order chi connectivity index (χ0) is 12.5. The standard InChI is InChI=1S/C12H15N3O2/c1-10(14-15-13)7-8-12(16)17-9-11-5-3-2-4-6-11/h2-6,10H,7-9H2,1H3. The Balaban J connectivity index is 2.24. The molecule has 0 aromatic heterocycles. The van der Waals surface area contributed by atoms with Crippen molar-refractivity contribution in [1.82, 2.24) is 0 Å². The summed E-state index contributed by atoms with van der Waals surface area (Å²) in [6.45, 7) is 2.06. The third-order valence-electron chi connectivity index (χ3n) is 2.26. The number of rotatable bonds is 6. The van der Waals surface area contributed by atoms with Gasteiger partial charge in [0, 0.05) is 17.4 Å². The Morgan fingerprint density at radius 1 is 1.47 bits per heavy atom.